The summed E-state index contributed by atoms with van der Waals surface area (Å²) in [5, 5.41) is 14.2. The Morgan fingerprint density at radius 3 is 0.635 bits per heavy atom. The Morgan fingerprint density at radius 2 is 0.397 bits per heavy atom. The normalized spacial score (nSPS) is 10.6. The lowest BCUT2D eigenvalue weighted by Gasteiger charge is -2.08. The molecule has 0 saturated carbocycles. The SMILES string of the molecule is CC(C)CCCCCCN.CCCCCCCCC(C)C.CCCCCCCCCC(C)C.CCCCCCCNC(=O)COC(C)C.CCCCCCCOC(C)C.CCCCCCNC(=O)C(C)C.CCCCCCNC(=O)COC(C)C.CCCCCNC(=O)COC(C)C.CCCCCOC(C)C.CCCCNC(=O)COC(C)C.CCCOC(C)C. The number of carbonyl (C=O) groups excluding carboxylic acids is 5. The van der Waals surface area contributed by atoms with E-state index < -0.39 is 0 Å². The molecule has 0 radical (unpaired) electrons. The fraction of sp³-hybridized carbons (Fsp3) is 0.954. The molecule has 126 heavy (non-hydrogen) atoms. The molecule has 18 heteroatoms. The quantitative estimate of drug-likeness (QED) is 0.0311. The largest absolute Gasteiger partial charge is 0.379 e. The van der Waals surface area contributed by atoms with E-state index >= 15 is 0 Å². The van der Waals surface area contributed by atoms with Gasteiger partial charge in [-0.3, -0.25) is 24.0 Å². The Balaban J connectivity index is -0.000000129. The molecular weight excluding hydrogens is 1570 g/mol. The second kappa shape index (κ2) is 131. The first kappa shape index (κ1) is 146. The summed E-state index contributed by atoms with van der Waals surface area (Å²) in [6.45, 7) is 75.7. The van der Waals surface area contributed by atoms with Crippen molar-refractivity contribution in [2.45, 2.75) is 566 Å². The standard InChI is InChI=1S/C12H25NO2.C12H26.C11H23NO2.C11H24.C10H21NO2.C10H21NO.C10H22O.C9H19NO2.C9H21N.C8H18O.C6H14O/c1-4-5-6-7-8-9-13-12(14)10-15-11(2)3;1-4-5-6-7-8-9-10-11-12(2)3;1-4-5-6-7-8-12-11(13)9-14-10(2)3;1-4-5-6-7-8-9-10-11(2)3;1-4-5-6-7-11-10(12)8-13-9(2)3;1-4-5-6-7-8-11-10(12)9(2)3;1-4-5-6-7-8-9-11-10(2)3;1-4-5-6-10-9(11)7-12-8(2)3;1-9(2)7-5-3-4-6-8-10;1-4-5-6-7-9-8(2)3;1-4-5-7-6(2)3/h11H,4-10H2,1-3H3,(H,13,14);12H,4-11H2,1-3H3;10H,4-9H2,1-3H3,(H,12,13);11H,4-10H2,1-3H3;9H,4-8H2,1-3H3,(H,11,12);9H,4-8H2,1-3H3,(H,11,12);10H,4-9H2,1-3H3;8H,4-7H2,1-3H3,(H,10,11);9H,3-8,10H2,1-2H3;8H,4-7H2,1-3H3;6H,4-5H2,1-3H3. The zero-order valence-corrected chi connectivity index (χ0v) is 91.3. The van der Waals surface area contributed by atoms with Crippen LogP contribution in [0, 0.1) is 23.7 Å². The van der Waals surface area contributed by atoms with Crippen LogP contribution in [-0.4, -0.2) is 158 Å². The summed E-state index contributed by atoms with van der Waals surface area (Å²) in [7, 11) is 0. The molecule has 0 saturated heterocycles. The van der Waals surface area contributed by atoms with Crippen molar-refractivity contribution in [3.63, 3.8) is 0 Å². The third-order valence-corrected chi connectivity index (χ3v) is 18.8. The predicted molar refractivity (Wildman–Crippen MR) is 555 cm³/mol. The summed E-state index contributed by atoms with van der Waals surface area (Å²) in [6, 6.07) is 0. The summed E-state index contributed by atoms with van der Waals surface area (Å²) in [5.74, 6) is 2.94. The lowest BCUT2D eigenvalue weighted by atomic mass is 10.0. The van der Waals surface area contributed by atoms with Gasteiger partial charge in [-0.2, -0.15) is 0 Å². The molecule has 18 nitrogen and oxygen atoms in total. The highest BCUT2D eigenvalue weighted by molar-refractivity contribution is 5.78. The first-order valence-corrected chi connectivity index (χ1v) is 53.3. The van der Waals surface area contributed by atoms with Crippen LogP contribution in [0.3, 0.4) is 0 Å². The summed E-state index contributed by atoms with van der Waals surface area (Å²) >= 11 is 0. The van der Waals surface area contributed by atoms with Gasteiger partial charge < -0.3 is 65.5 Å². The molecule has 0 unspecified atom stereocenters. The fourth-order valence-electron chi connectivity index (χ4n) is 10.8. The highest BCUT2D eigenvalue weighted by Gasteiger charge is 2.08. The minimum Gasteiger partial charge on any atom is -0.379 e. The van der Waals surface area contributed by atoms with E-state index in [4.69, 9.17) is 38.9 Å². The number of nitrogens with one attached hydrogen (secondary N) is 5. The number of ether oxygens (including phenoxy) is 7. The average Bonchev–Trinajstić information content (AvgIpc) is 0.989. The van der Waals surface area contributed by atoms with E-state index in [9.17, 15) is 24.0 Å². The molecule has 0 aromatic heterocycles. The molecule has 0 rings (SSSR count). The van der Waals surface area contributed by atoms with Gasteiger partial charge in [0.25, 0.3) is 0 Å². The van der Waals surface area contributed by atoms with Gasteiger partial charge in [0.15, 0.2) is 0 Å². The topological polar surface area (TPSA) is 236 Å². The maximum absolute atomic E-state index is 11.2. The fourth-order valence-corrected chi connectivity index (χ4v) is 10.8. The maximum Gasteiger partial charge on any atom is 0.246 e. The third-order valence-electron chi connectivity index (χ3n) is 18.8. The van der Waals surface area contributed by atoms with Crippen LogP contribution in [-0.2, 0) is 57.1 Å². The highest BCUT2D eigenvalue weighted by atomic mass is 16.5. The summed E-state index contributed by atoms with van der Waals surface area (Å²) in [4.78, 5) is 55.5. The Labute approximate surface area is 790 Å². The minimum absolute atomic E-state index is 0.000749. The molecular formula is C108H234N6O12. The molecule has 0 aromatic rings. The van der Waals surface area contributed by atoms with Crippen molar-refractivity contribution in [1.29, 1.82) is 0 Å². The van der Waals surface area contributed by atoms with Crippen LogP contribution in [0.4, 0.5) is 0 Å². The Morgan fingerprint density at radius 1 is 0.206 bits per heavy atom. The number of carbonyl (C=O) groups is 5. The van der Waals surface area contributed by atoms with Crippen molar-refractivity contribution in [3.05, 3.63) is 0 Å². The monoisotopic (exact) mass is 1810 g/mol. The number of nitrogens with two attached hydrogens (primary N) is 1. The van der Waals surface area contributed by atoms with Gasteiger partial charge in [0.05, 0.1) is 42.7 Å². The van der Waals surface area contributed by atoms with Crippen molar-refractivity contribution >= 4 is 29.5 Å². The van der Waals surface area contributed by atoms with E-state index in [0.717, 1.165) is 122 Å². The molecule has 0 atom stereocenters. The molecule has 768 valence electrons. The molecule has 0 heterocycles. The van der Waals surface area contributed by atoms with Crippen molar-refractivity contribution in [2.75, 3.05) is 85.5 Å². The van der Waals surface area contributed by atoms with Crippen LogP contribution in [0.1, 0.15) is 523 Å². The van der Waals surface area contributed by atoms with Crippen molar-refractivity contribution < 1.29 is 57.1 Å². The van der Waals surface area contributed by atoms with Crippen molar-refractivity contribution in [1.82, 2.24) is 26.6 Å². The predicted octanol–water partition coefficient (Wildman–Crippen LogP) is 29.5. The number of rotatable bonds is 72. The van der Waals surface area contributed by atoms with Gasteiger partial charge in [-0.25, -0.2) is 0 Å². The summed E-state index contributed by atoms with van der Waals surface area (Å²) in [6.07, 6.45) is 62.8. The number of hydrogen-bond acceptors (Lipinski definition) is 13. The smallest absolute Gasteiger partial charge is 0.246 e. The second-order valence-corrected chi connectivity index (χ2v) is 37.4. The number of hydrogen-bond donors (Lipinski definition) is 6. The number of amides is 5. The zero-order valence-electron chi connectivity index (χ0n) is 91.3. The average molecular weight is 1810 g/mol. The van der Waals surface area contributed by atoms with E-state index in [0.29, 0.717) is 18.3 Å². The molecule has 0 bridgehead atoms. The highest BCUT2D eigenvalue weighted by Crippen LogP contribution is 2.14. The van der Waals surface area contributed by atoms with Gasteiger partial charge in [0.1, 0.15) is 26.4 Å². The van der Waals surface area contributed by atoms with Crippen LogP contribution in [0.25, 0.3) is 0 Å². The first-order chi connectivity index (χ1) is 60.0. The first-order valence-electron chi connectivity index (χ1n) is 53.3. The third kappa shape index (κ3) is 189. The van der Waals surface area contributed by atoms with E-state index in [-0.39, 0.29) is 86.3 Å². The Hall–Kier alpha value is -2.97. The van der Waals surface area contributed by atoms with E-state index in [1.807, 2.05) is 69.2 Å². The molecule has 0 aromatic carbocycles. The van der Waals surface area contributed by atoms with Crippen LogP contribution in [0.15, 0.2) is 0 Å². The van der Waals surface area contributed by atoms with E-state index in [1.165, 1.54) is 257 Å². The van der Waals surface area contributed by atoms with E-state index in [1.54, 1.807) is 0 Å². The van der Waals surface area contributed by atoms with Gasteiger partial charge in [-0.1, -0.05) is 369 Å². The van der Waals surface area contributed by atoms with Crippen LogP contribution in [0.2, 0.25) is 0 Å². The van der Waals surface area contributed by atoms with Gasteiger partial charge in [-0.05, 0) is 179 Å². The van der Waals surface area contributed by atoms with E-state index in [2.05, 4.69) is 179 Å². The molecule has 0 aliphatic rings. The lowest BCUT2D eigenvalue weighted by Crippen LogP contribution is -2.29. The molecule has 0 aliphatic carbocycles. The molecule has 0 fully saturated rings. The van der Waals surface area contributed by atoms with Crippen molar-refractivity contribution in [3.8, 4) is 0 Å². The molecule has 0 spiro atoms. The van der Waals surface area contributed by atoms with Gasteiger partial charge in [0.2, 0.25) is 29.5 Å². The zero-order chi connectivity index (χ0) is 98.1. The van der Waals surface area contributed by atoms with Crippen LogP contribution >= 0.6 is 0 Å². The Bertz CT molecular complexity index is 1940. The Kier molecular flexibility index (Phi) is 151. The molecule has 7 N–H and O–H groups in total. The molecule has 0 aliphatic heterocycles. The lowest BCUT2D eigenvalue weighted by molar-refractivity contribution is -0.127. The van der Waals surface area contributed by atoms with Crippen LogP contribution < -0.4 is 32.3 Å². The van der Waals surface area contributed by atoms with Crippen molar-refractivity contribution in [2.24, 2.45) is 29.4 Å². The summed E-state index contributed by atoms with van der Waals surface area (Å²) < 4.78 is 36.6. The molecule has 5 amide bonds. The summed E-state index contributed by atoms with van der Waals surface area (Å²) in [5.41, 5.74) is 5.37. The van der Waals surface area contributed by atoms with Gasteiger partial charge in [-0.15, -0.1) is 0 Å². The van der Waals surface area contributed by atoms with Gasteiger partial charge >= 0.3 is 0 Å². The van der Waals surface area contributed by atoms with Crippen LogP contribution in [0.5, 0.6) is 0 Å². The maximum atomic E-state index is 11.2. The van der Waals surface area contributed by atoms with Gasteiger partial charge in [0, 0.05) is 58.5 Å². The second-order valence-electron chi connectivity index (χ2n) is 37.4. The minimum atomic E-state index is -0.0165. The number of unbranched alkanes of at least 4 members (excludes halogenated alkanes) is 33.